The summed E-state index contributed by atoms with van der Waals surface area (Å²) in [6.07, 6.45) is 1.86. The van der Waals surface area contributed by atoms with Crippen molar-refractivity contribution in [1.29, 1.82) is 0 Å². The van der Waals surface area contributed by atoms with Gasteiger partial charge in [0, 0.05) is 18.5 Å². The summed E-state index contributed by atoms with van der Waals surface area (Å²) in [7, 11) is 0. The summed E-state index contributed by atoms with van der Waals surface area (Å²) in [5.74, 6) is 2.00. The van der Waals surface area contributed by atoms with Crippen LogP contribution in [0.5, 0.6) is 0 Å². The summed E-state index contributed by atoms with van der Waals surface area (Å²) in [4.78, 5) is 0. The van der Waals surface area contributed by atoms with Gasteiger partial charge in [-0.15, -0.1) is 10.2 Å². The zero-order valence-electron chi connectivity index (χ0n) is 9.06. The zero-order valence-corrected chi connectivity index (χ0v) is 9.06. The highest BCUT2D eigenvalue weighted by Gasteiger charge is 2.19. The van der Waals surface area contributed by atoms with Gasteiger partial charge in [-0.25, -0.2) is 0 Å². The molecule has 0 aliphatic carbocycles. The first kappa shape index (κ1) is 9.54. The molecule has 4 heteroatoms. The fraction of sp³-hybridized carbons (Fsp3) is 0.333. The van der Waals surface area contributed by atoms with Crippen molar-refractivity contribution in [3.63, 3.8) is 0 Å². The summed E-state index contributed by atoms with van der Waals surface area (Å²) < 4.78 is 2.19. The van der Waals surface area contributed by atoms with Crippen LogP contribution in [-0.2, 0) is 19.4 Å². The first-order valence-electron chi connectivity index (χ1n) is 5.60. The zero-order chi connectivity index (χ0) is 11.0. The number of aromatic nitrogens is 3. The molecule has 0 unspecified atom stereocenters. The summed E-state index contributed by atoms with van der Waals surface area (Å²) in [5.41, 5.74) is 8.14. The van der Waals surface area contributed by atoms with Crippen molar-refractivity contribution in [2.24, 2.45) is 5.73 Å². The number of rotatable bonds is 2. The molecule has 0 saturated heterocycles. The average Bonchev–Trinajstić information content (AvgIpc) is 2.73. The molecule has 0 bridgehead atoms. The van der Waals surface area contributed by atoms with Gasteiger partial charge in [0.2, 0.25) is 0 Å². The Balaban J connectivity index is 2.12. The Morgan fingerprint density at radius 1 is 1.25 bits per heavy atom. The standard InChI is InChI=1S/C12H14N4/c13-7-5-11-14-15-12-10-4-2-1-3-9(10)6-8-16(11)12/h1-4H,5-8,13H2. The van der Waals surface area contributed by atoms with Crippen molar-refractivity contribution in [1.82, 2.24) is 14.8 Å². The molecule has 82 valence electrons. The maximum absolute atomic E-state index is 5.57. The predicted molar refractivity (Wildman–Crippen MR) is 61.9 cm³/mol. The normalized spacial score (nSPS) is 13.3. The molecule has 1 aliphatic heterocycles. The maximum Gasteiger partial charge on any atom is 0.164 e. The SMILES string of the molecule is NCCc1nnc2n1CCc1ccccc1-2. The lowest BCUT2D eigenvalue weighted by atomic mass is 10.0. The van der Waals surface area contributed by atoms with Crippen LogP contribution >= 0.6 is 0 Å². The summed E-state index contributed by atoms with van der Waals surface area (Å²) in [6, 6.07) is 8.40. The highest BCUT2D eigenvalue weighted by molar-refractivity contribution is 5.62. The van der Waals surface area contributed by atoms with Crippen molar-refractivity contribution in [3.05, 3.63) is 35.7 Å². The van der Waals surface area contributed by atoms with Crippen LogP contribution in [0.2, 0.25) is 0 Å². The maximum atomic E-state index is 5.57. The van der Waals surface area contributed by atoms with Crippen LogP contribution in [-0.4, -0.2) is 21.3 Å². The number of aryl methyl sites for hydroxylation is 1. The van der Waals surface area contributed by atoms with Gasteiger partial charge in [-0.05, 0) is 18.5 Å². The Bertz CT molecular complexity index is 515. The Morgan fingerprint density at radius 3 is 3.00 bits per heavy atom. The minimum absolute atomic E-state index is 0.625. The van der Waals surface area contributed by atoms with Crippen molar-refractivity contribution < 1.29 is 0 Å². The number of fused-ring (bicyclic) bond motifs is 3. The Morgan fingerprint density at radius 2 is 2.12 bits per heavy atom. The predicted octanol–water partition coefficient (Wildman–Crippen LogP) is 1.00. The minimum Gasteiger partial charge on any atom is -0.330 e. The van der Waals surface area contributed by atoms with Gasteiger partial charge in [0.05, 0.1) is 0 Å². The third kappa shape index (κ3) is 1.34. The van der Waals surface area contributed by atoms with E-state index in [0.717, 1.165) is 31.0 Å². The third-order valence-corrected chi connectivity index (χ3v) is 3.06. The Labute approximate surface area is 94.1 Å². The molecule has 1 aromatic heterocycles. The fourth-order valence-corrected chi connectivity index (χ4v) is 2.27. The Hall–Kier alpha value is -1.68. The third-order valence-electron chi connectivity index (χ3n) is 3.06. The summed E-state index contributed by atoms with van der Waals surface area (Å²) in [5, 5.41) is 8.49. The molecule has 0 saturated carbocycles. The van der Waals surface area contributed by atoms with Gasteiger partial charge in [-0.2, -0.15) is 0 Å². The fourth-order valence-electron chi connectivity index (χ4n) is 2.27. The molecule has 0 spiro atoms. The quantitative estimate of drug-likeness (QED) is 0.811. The van der Waals surface area contributed by atoms with Crippen LogP contribution < -0.4 is 5.73 Å². The van der Waals surface area contributed by atoms with E-state index in [4.69, 9.17) is 5.73 Å². The van der Waals surface area contributed by atoms with Crippen LogP contribution in [0, 0.1) is 0 Å². The van der Waals surface area contributed by atoms with Crippen LogP contribution in [0.4, 0.5) is 0 Å². The lowest BCUT2D eigenvalue weighted by molar-refractivity contribution is 0.640. The molecule has 0 fully saturated rings. The molecular weight excluding hydrogens is 200 g/mol. The van der Waals surface area contributed by atoms with Crippen LogP contribution in [0.15, 0.2) is 24.3 Å². The van der Waals surface area contributed by atoms with E-state index < -0.39 is 0 Å². The second-order valence-corrected chi connectivity index (χ2v) is 4.04. The molecule has 2 heterocycles. The first-order chi connectivity index (χ1) is 7.90. The average molecular weight is 214 g/mol. The molecule has 16 heavy (non-hydrogen) atoms. The molecule has 2 N–H and O–H groups in total. The smallest absolute Gasteiger partial charge is 0.164 e. The van der Waals surface area contributed by atoms with Crippen molar-refractivity contribution >= 4 is 0 Å². The number of benzene rings is 1. The lowest BCUT2D eigenvalue weighted by Gasteiger charge is -2.18. The lowest BCUT2D eigenvalue weighted by Crippen LogP contribution is -2.15. The molecule has 1 aliphatic rings. The topological polar surface area (TPSA) is 56.7 Å². The molecule has 0 amide bonds. The van der Waals surface area contributed by atoms with Crippen LogP contribution in [0.3, 0.4) is 0 Å². The monoisotopic (exact) mass is 214 g/mol. The number of nitrogens with zero attached hydrogens (tertiary/aromatic N) is 3. The second kappa shape index (κ2) is 3.72. The molecule has 3 rings (SSSR count). The van der Waals surface area contributed by atoms with E-state index in [1.807, 2.05) is 6.07 Å². The van der Waals surface area contributed by atoms with E-state index in [2.05, 4.69) is 33.0 Å². The van der Waals surface area contributed by atoms with Crippen LogP contribution in [0.25, 0.3) is 11.4 Å². The van der Waals surface area contributed by atoms with E-state index in [1.54, 1.807) is 0 Å². The highest BCUT2D eigenvalue weighted by Crippen LogP contribution is 2.27. The van der Waals surface area contributed by atoms with E-state index in [0.29, 0.717) is 6.54 Å². The van der Waals surface area contributed by atoms with E-state index in [9.17, 15) is 0 Å². The van der Waals surface area contributed by atoms with Crippen molar-refractivity contribution in [3.8, 4) is 11.4 Å². The van der Waals surface area contributed by atoms with E-state index >= 15 is 0 Å². The molecule has 2 aromatic rings. The first-order valence-corrected chi connectivity index (χ1v) is 5.60. The van der Waals surface area contributed by atoms with Gasteiger partial charge in [-0.1, -0.05) is 24.3 Å². The molecule has 0 atom stereocenters. The van der Waals surface area contributed by atoms with Crippen molar-refractivity contribution in [2.75, 3.05) is 6.54 Å². The summed E-state index contributed by atoms with van der Waals surface area (Å²) in [6.45, 7) is 1.59. The van der Waals surface area contributed by atoms with E-state index in [1.165, 1.54) is 11.1 Å². The van der Waals surface area contributed by atoms with Gasteiger partial charge >= 0.3 is 0 Å². The number of hydrogen-bond acceptors (Lipinski definition) is 3. The van der Waals surface area contributed by atoms with E-state index in [-0.39, 0.29) is 0 Å². The molecule has 4 nitrogen and oxygen atoms in total. The largest absolute Gasteiger partial charge is 0.330 e. The summed E-state index contributed by atoms with van der Waals surface area (Å²) >= 11 is 0. The number of nitrogens with two attached hydrogens (primary N) is 1. The molecule has 0 radical (unpaired) electrons. The molecular formula is C12H14N4. The van der Waals surface area contributed by atoms with Crippen molar-refractivity contribution in [2.45, 2.75) is 19.4 Å². The number of hydrogen-bond donors (Lipinski definition) is 1. The van der Waals surface area contributed by atoms with Gasteiger partial charge < -0.3 is 10.3 Å². The highest BCUT2D eigenvalue weighted by atomic mass is 15.3. The van der Waals surface area contributed by atoms with Gasteiger partial charge in [0.1, 0.15) is 5.82 Å². The van der Waals surface area contributed by atoms with Crippen LogP contribution in [0.1, 0.15) is 11.4 Å². The molecule has 1 aromatic carbocycles. The second-order valence-electron chi connectivity index (χ2n) is 4.04. The van der Waals surface area contributed by atoms with Gasteiger partial charge in [0.15, 0.2) is 5.82 Å². The van der Waals surface area contributed by atoms with Gasteiger partial charge in [0.25, 0.3) is 0 Å². The van der Waals surface area contributed by atoms with Gasteiger partial charge in [-0.3, -0.25) is 0 Å². The minimum atomic E-state index is 0.625. The Kier molecular flexibility index (Phi) is 2.22.